The fourth-order valence-electron chi connectivity index (χ4n) is 3.75. The van der Waals surface area contributed by atoms with Crippen molar-refractivity contribution in [3.63, 3.8) is 0 Å². The van der Waals surface area contributed by atoms with Crippen molar-refractivity contribution < 1.29 is 18.8 Å². The summed E-state index contributed by atoms with van der Waals surface area (Å²) in [4.78, 5) is 18.5. The normalized spacial score (nSPS) is 20.4. The number of hydrogen-bond donors (Lipinski definition) is 1. The molecule has 1 N–H and O–H groups in total. The van der Waals surface area contributed by atoms with Crippen LogP contribution in [-0.4, -0.2) is 45.2 Å². The van der Waals surface area contributed by atoms with Gasteiger partial charge in [-0.05, 0) is 36.3 Å². The third kappa shape index (κ3) is 4.58. The summed E-state index contributed by atoms with van der Waals surface area (Å²) in [6.45, 7) is 9.05. The first-order valence-electron chi connectivity index (χ1n) is 9.70. The first kappa shape index (κ1) is 20.5. The van der Waals surface area contributed by atoms with Crippen molar-refractivity contribution in [3.8, 4) is 11.4 Å². The molecule has 152 valence electrons. The number of halogens is 1. The van der Waals surface area contributed by atoms with E-state index < -0.39 is 6.10 Å². The molecule has 0 aliphatic carbocycles. The second-order valence-electron chi connectivity index (χ2n) is 8.64. The standard InChI is InChI=1S/C21H28FN3O3/c1-13-5-6-14(11-16(13)22)20-23-18(28-24-20)7-8-19(27)25-10-9-15(17(26)12-25)21(2,3)4/h5-6,11,15,17,26H,7-10,12H2,1-4H3. The van der Waals surface area contributed by atoms with E-state index in [0.717, 1.165) is 6.42 Å². The molecule has 1 amide bonds. The first-order valence-corrected chi connectivity index (χ1v) is 9.70. The van der Waals surface area contributed by atoms with Crippen LogP contribution in [-0.2, 0) is 11.2 Å². The Morgan fingerprint density at radius 2 is 2.14 bits per heavy atom. The summed E-state index contributed by atoms with van der Waals surface area (Å²) in [5, 5.41) is 14.3. The quantitative estimate of drug-likeness (QED) is 0.867. The molecule has 7 heteroatoms. The number of amides is 1. The smallest absolute Gasteiger partial charge is 0.227 e. The van der Waals surface area contributed by atoms with Gasteiger partial charge in [0.15, 0.2) is 0 Å². The van der Waals surface area contributed by atoms with Gasteiger partial charge in [-0.25, -0.2) is 4.39 Å². The van der Waals surface area contributed by atoms with Crippen molar-refractivity contribution in [1.29, 1.82) is 0 Å². The zero-order valence-corrected chi connectivity index (χ0v) is 16.9. The van der Waals surface area contributed by atoms with Crippen molar-refractivity contribution in [3.05, 3.63) is 35.5 Å². The van der Waals surface area contributed by atoms with Crippen LogP contribution < -0.4 is 0 Å². The number of aromatic nitrogens is 2. The molecule has 28 heavy (non-hydrogen) atoms. The van der Waals surface area contributed by atoms with Gasteiger partial charge in [-0.3, -0.25) is 4.79 Å². The highest BCUT2D eigenvalue weighted by molar-refractivity contribution is 5.76. The maximum absolute atomic E-state index is 13.7. The number of aryl methyl sites for hydroxylation is 2. The molecule has 0 spiro atoms. The van der Waals surface area contributed by atoms with Crippen molar-refractivity contribution >= 4 is 5.91 Å². The molecule has 2 aromatic rings. The largest absolute Gasteiger partial charge is 0.391 e. The zero-order chi connectivity index (χ0) is 20.5. The van der Waals surface area contributed by atoms with E-state index >= 15 is 0 Å². The van der Waals surface area contributed by atoms with Crippen LogP contribution in [0.4, 0.5) is 4.39 Å². The van der Waals surface area contributed by atoms with E-state index in [4.69, 9.17) is 4.52 Å². The molecule has 0 bridgehead atoms. The molecule has 1 aliphatic rings. The van der Waals surface area contributed by atoms with E-state index in [1.54, 1.807) is 24.0 Å². The Kier molecular flexibility index (Phi) is 5.84. The summed E-state index contributed by atoms with van der Waals surface area (Å²) in [7, 11) is 0. The molecule has 0 saturated carbocycles. The number of likely N-dealkylation sites (tertiary alicyclic amines) is 1. The van der Waals surface area contributed by atoms with Crippen molar-refractivity contribution in [2.75, 3.05) is 13.1 Å². The fourth-order valence-corrected chi connectivity index (χ4v) is 3.75. The predicted octanol–water partition coefficient (Wildman–Crippen LogP) is 3.37. The number of piperidine rings is 1. The van der Waals surface area contributed by atoms with Gasteiger partial charge in [0.2, 0.25) is 17.6 Å². The Morgan fingerprint density at radius 3 is 2.79 bits per heavy atom. The maximum Gasteiger partial charge on any atom is 0.227 e. The van der Waals surface area contributed by atoms with Crippen molar-refractivity contribution in [2.45, 2.75) is 53.1 Å². The average Bonchev–Trinajstić information content (AvgIpc) is 3.10. The summed E-state index contributed by atoms with van der Waals surface area (Å²) in [5.74, 6) is 0.478. The molecular formula is C21H28FN3O3. The second-order valence-corrected chi connectivity index (χ2v) is 8.64. The van der Waals surface area contributed by atoms with Gasteiger partial charge in [0.1, 0.15) is 5.82 Å². The van der Waals surface area contributed by atoms with Gasteiger partial charge < -0.3 is 14.5 Å². The summed E-state index contributed by atoms with van der Waals surface area (Å²) in [5.41, 5.74) is 1.11. The maximum atomic E-state index is 13.7. The summed E-state index contributed by atoms with van der Waals surface area (Å²) < 4.78 is 18.9. The summed E-state index contributed by atoms with van der Waals surface area (Å²) in [6.07, 6.45) is 0.830. The van der Waals surface area contributed by atoms with Crippen LogP contribution in [0.25, 0.3) is 11.4 Å². The number of nitrogens with zero attached hydrogens (tertiary/aromatic N) is 3. The molecule has 1 fully saturated rings. The number of carbonyl (C=O) groups is 1. The van der Waals surface area contributed by atoms with Crippen LogP contribution >= 0.6 is 0 Å². The van der Waals surface area contributed by atoms with Crippen LogP contribution in [0.1, 0.15) is 45.1 Å². The molecule has 2 atom stereocenters. The van der Waals surface area contributed by atoms with Crippen LogP contribution in [0, 0.1) is 24.1 Å². The summed E-state index contributed by atoms with van der Waals surface area (Å²) in [6, 6.07) is 4.77. The number of rotatable bonds is 4. The minimum absolute atomic E-state index is 0.0180. The van der Waals surface area contributed by atoms with Crippen LogP contribution in [0.5, 0.6) is 0 Å². The van der Waals surface area contributed by atoms with Gasteiger partial charge in [0.25, 0.3) is 0 Å². The minimum atomic E-state index is -0.510. The molecular weight excluding hydrogens is 361 g/mol. The highest BCUT2D eigenvalue weighted by Crippen LogP contribution is 2.34. The van der Waals surface area contributed by atoms with Gasteiger partial charge in [-0.15, -0.1) is 0 Å². The molecule has 3 rings (SSSR count). The molecule has 1 aromatic carbocycles. The molecule has 2 heterocycles. The Bertz CT molecular complexity index is 844. The Hall–Kier alpha value is -2.28. The van der Waals surface area contributed by atoms with E-state index in [1.807, 2.05) is 0 Å². The number of β-amino-alcohol motifs (C(OH)–C–C–N with tert-alkyl or cyclic N) is 1. The summed E-state index contributed by atoms with van der Waals surface area (Å²) >= 11 is 0. The highest BCUT2D eigenvalue weighted by atomic mass is 19.1. The van der Waals surface area contributed by atoms with E-state index in [-0.39, 0.29) is 29.5 Å². The molecule has 2 unspecified atom stereocenters. The van der Waals surface area contributed by atoms with Crippen LogP contribution in [0.2, 0.25) is 0 Å². The predicted molar refractivity (Wildman–Crippen MR) is 103 cm³/mol. The molecule has 0 radical (unpaired) electrons. The topological polar surface area (TPSA) is 79.5 Å². The van der Waals surface area contributed by atoms with Gasteiger partial charge in [0.05, 0.1) is 6.10 Å². The van der Waals surface area contributed by atoms with E-state index in [9.17, 15) is 14.3 Å². The van der Waals surface area contributed by atoms with E-state index in [1.165, 1.54) is 6.07 Å². The Balaban J connectivity index is 1.56. The lowest BCUT2D eigenvalue weighted by molar-refractivity contribution is -0.137. The highest BCUT2D eigenvalue weighted by Gasteiger charge is 2.36. The first-order chi connectivity index (χ1) is 13.1. The molecule has 1 saturated heterocycles. The number of hydrogen-bond acceptors (Lipinski definition) is 5. The van der Waals surface area contributed by atoms with Gasteiger partial charge in [-0.2, -0.15) is 4.98 Å². The minimum Gasteiger partial charge on any atom is -0.391 e. The second kappa shape index (κ2) is 7.99. The molecule has 6 nitrogen and oxygen atoms in total. The van der Waals surface area contributed by atoms with Crippen molar-refractivity contribution in [1.82, 2.24) is 15.0 Å². The average molecular weight is 389 g/mol. The van der Waals surface area contributed by atoms with Crippen LogP contribution in [0.15, 0.2) is 22.7 Å². The lowest BCUT2D eigenvalue weighted by Gasteiger charge is -2.42. The number of aliphatic hydroxyl groups excluding tert-OH is 1. The van der Waals surface area contributed by atoms with Crippen LogP contribution in [0.3, 0.4) is 0 Å². The third-order valence-electron chi connectivity index (χ3n) is 5.50. The molecule has 1 aromatic heterocycles. The molecule has 1 aliphatic heterocycles. The number of aliphatic hydroxyl groups is 1. The Morgan fingerprint density at radius 1 is 1.39 bits per heavy atom. The monoisotopic (exact) mass is 389 g/mol. The lowest BCUT2D eigenvalue weighted by atomic mass is 9.73. The van der Waals surface area contributed by atoms with E-state index in [2.05, 4.69) is 30.9 Å². The van der Waals surface area contributed by atoms with E-state index in [0.29, 0.717) is 42.4 Å². The zero-order valence-electron chi connectivity index (χ0n) is 16.9. The third-order valence-corrected chi connectivity index (χ3v) is 5.50. The van der Waals surface area contributed by atoms with Gasteiger partial charge in [0, 0.05) is 31.5 Å². The lowest BCUT2D eigenvalue weighted by Crippen LogP contribution is -2.50. The SMILES string of the molecule is Cc1ccc(-c2noc(CCC(=O)N3CCC(C(C)(C)C)C(O)C3)n2)cc1F. The van der Waals surface area contributed by atoms with Crippen molar-refractivity contribution in [2.24, 2.45) is 11.3 Å². The number of benzene rings is 1. The Labute approximate surface area is 164 Å². The van der Waals surface area contributed by atoms with Gasteiger partial charge >= 0.3 is 0 Å². The van der Waals surface area contributed by atoms with Gasteiger partial charge in [-0.1, -0.05) is 38.1 Å². The number of carbonyl (C=O) groups excluding carboxylic acids is 1. The fraction of sp³-hybridized carbons (Fsp3) is 0.571.